The number of allylic oxidation sites excluding steroid dienone is 2. The van der Waals surface area contributed by atoms with Gasteiger partial charge < -0.3 is 19.3 Å². The highest BCUT2D eigenvalue weighted by atomic mass is 16.6. The largest absolute Gasteiger partial charge is 0.447 e. The van der Waals surface area contributed by atoms with Crippen molar-refractivity contribution in [1.82, 2.24) is 9.80 Å². The first kappa shape index (κ1) is 28.0. The summed E-state index contributed by atoms with van der Waals surface area (Å²) in [5.74, 6) is -0.702. The molecular formula is C28H32N4O6. The summed E-state index contributed by atoms with van der Waals surface area (Å²) in [4.78, 5) is 52.5. The molecule has 2 amide bonds. The Balaban J connectivity index is 1.41. The highest BCUT2D eigenvalue weighted by molar-refractivity contribution is 6.19. The second-order valence-electron chi connectivity index (χ2n) is 8.88. The second kappa shape index (κ2) is 13.1. The van der Waals surface area contributed by atoms with Crippen LogP contribution in [0.15, 0.2) is 72.1 Å². The third-order valence-electron chi connectivity index (χ3n) is 5.78. The van der Waals surface area contributed by atoms with Gasteiger partial charge in [-0.05, 0) is 38.1 Å². The lowest BCUT2D eigenvalue weighted by Crippen LogP contribution is -2.34. The van der Waals surface area contributed by atoms with Crippen molar-refractivity contribution in [3.63, 3.8) is 0 Å². The third kappa shape index (κ3) is 8.22. The zero-order valence-corrected chi connectivity index (χ0v) is 21.9. The molecule has 0 unspecified atom stereocenters. The highest BCUT2D eigenvalue weighted by Crippen LogP contribution is 2.17. The maximum atomic E-state index is 12.7. The summed E-state index contributed by atoms with van der Waals surface area (Å²) >= 11 is 0. The van der Waals surface area contributed by atoms with Crippen LogP contribution < -0.4 is 10.6 Å². The summed E-state index contributed by atoms with van der Waals surface area (Å²) in [5, 5.41) is 5.26. The molecule has 0 atom stereocenters. The zero-order chi connectivity index (χ0) is 27.7. The Morgan fingerprint density at radius 3 is 1.34 bits per heavy atom. The van der Waals surface area contributed by atoms with Gasteiger partial charge in [0, 0.05) is 37.6 Å². The van der Waals surface area contributed by atoms with Crippen LogP contribution in [0.25, 0.3) is 0 Å². The minimum absolute atomic E-state index is 0.0193. The Kier molecular flexibility index (Phi) is 9.64. The number of hydrogen-bond acceptors (Lipinski definition) is 8. The van der Waals surface area contributed by atoms with Gasteiger partial charge in [-0.3, -0.25) is 20.2 Å². The lowest BCUT2D eigenvalue weighted by atomic mass is 10.0. The summed E-state index contributed by atoms with van der Waals surface area (Å²) < 4.78 is 10.4. The number of carbonyl (C=O) groups is 4. The van der Waals surface area contributed by atoms with Crippen molar-refractivity contribution in [2.45, 2.75) is 13.8 Å². The molecule has 1 aliphatic rings. The van der Waals surface area contributed by atoms with Crippen LogP contribution >= 0.6 is 0 Å². The van der Waals surface area contributed by atoms with E-state index in [0.29, 0.717) is 11.4 Å². The Bertz CT molecular complexity index is 1140. The topological polar surface area (TPSA) is 117 Å². The molecule has 3 rings (SSSR count). The van der Waals surface area contributed by atoms with Crippen molar-refractivity contribution in [3.05, 3.63) is 83.2 Å². The van der Waals surface area contributed by atoms with Crippen LogP contribution in [0.3, 0.4) is 0 Å². The van der Waals surface area contributed by atoms with Gasteiger partial charge in [0.25, 0.3) is 0 Å². The summed E-state index contributed by atoms with van der Waals surface area (Å²) in [6, 6.07) is 14.6. The molecule has 38 heavy (non-hydrogen) atoms. The van der Waals surface area contributed by atoms with Crippen molar-refractivity contribution in [2.24, 2.45) is 0 Å². The van der Waals surface area contributed by atoms with E-state index in [-0.39, 0.29) is 49.3 Å². The molecule has 2 N–H and O–H groups in total. The van der Waals surface area contributed by atoms with Crippen molar-refractivity contribution in [3.8, 4) is 0 Å². The predicted molar refractivity (Wildman–Crippen MR) is 144 cm³/mol. The van der Waals surface area contributed by atoms with Gasteiger partial charge in [-0.25, -0.2) is 9.59 Å². The quantitative estimate of drug-likeness (QED) is 0.453. The molecule has 0 aromatic heterocycles. The molecule has 10 heteroatoms. The van der Waals surface area contributed by atoms with Crippen molar-refractivity contribution >= 4 is 35.1 Å². The second-order valence-corrected chi connectivity index (χ2v) is 8.88. The average Bonchev–Trinajstić information content (AvgIpc) is 2.87. The molecule has 0 spiro atoms. The first-order valence-corrected chi connectivity index (χ1v) is 12.1. The first-order chi connectivity index (χ1) is 18.1. The molecular weight excluding hydrogens is 488 g/mol. The lowest BCUT2D eigenvalue weighted by molar-refractivity contribution is -0.117. The van der Waals surface area contributed by atoms with Crippen LogP contribution in [-0.4, -0.2) is 74.0 Å². The molecule has 2 aromatic rings. The number of nitrogens with one attached hydrogen (secondary N) is 2. The number of anilines is 2. The highest BCUT2D eigenvalue weighted by Gasteiger charge is 2.25. The van der Waals surface area contributed by atoms with Crippen LogP contribution in [0.5, 0.6) is 0 Å². The van der Waals surface area contributed by atoms with E-state index in [1.165, 1.54) is 12.2 Å². The van der Waals surface area contributed by atoms with Crippen molar-refractivity contribution in [1.29, 1.82) is 0 Å². The minimum atomic E-state index is -0.610. The SMILES string of the molecule is Cc1ccc(NC(=O)OCCN(C)C2=CC(=O)C(N(C)CCOC(=O)Nc3ccc(C)cc3)=CC2=O)cc1. The van der Waals surface area contributed by atoms with Gasteiger partial charge in [0.2, 0.25) is 11.6 Å². The summed E-state index contributed by atoms with van der Waals surface area (Å²) in [5.41, 5.74) is 3.77. The summed E-state index contributed by atoms with van der Waals surface area (Å²) in [6.07, 6.45) is 1.29. The number of aryl methyl sites for hydroxylation is 2. The number of ketones is 2. The number of likely N-dealkylation sites (N-methyl/N-ethyl adjacent to an activating group) is 2. The van der Waals surface area contributed by atoms with E-state index in [2.05, 4.69) is 10.6 Å². The standard InChI is InChI=1S/C28H32N4O6/c1-19-5-9-21(10-6-19)29-27(35)37-15-13-31(3)23-17-26(34)24(18-25(23)33)32(4)14-16-38-28(36)30-22-11-7-20(2)8-12-22/h5-12,17-18H,13-16H2,1-4H3,(H,29,35)(H,30,36). The Labute approximate surface area is 221 Å². The summed E-state index contributed by atoms with van der Waals surface area (Å²) in [6.45, 7) is 4.37. The van der Waals surface area contributed by atoms with Crippen LogP contribution in [0.2, 0.25) is 0 Å². The molecule has 10 nitrogen and oxygen atoms in total. The van der Waals surface area contributed by atoms with E-state index in [4.69, 9.17) is 9.47 Å². The van der Waals surface area contributed by atoms with Gasteiger partial charge in [-0.15, -0.1) is 0 Å². The number of benzene rings is 2. The Morgan fingerprint density at radius 2 is 1.00 bits per heavy atom. The smallest absolute Gasteiger partial charge is 0.411 e. The fraction of sp³-hybridized carbons (Fsp3) is 0.286. The number of nitrogens with zero attached hydrogens (tertiary/aromatic N) is 2. The Hall–Kier alpha value is -4.60. The number of hydrogen-bond donors (Lipinski definition) is 2. The third-order valence-corrected chi connectivity index (χ3v) is 5.78. The number of amides is 2. The predicted octanol–water partition coefficient (Wildman–Crippen LogP) is 3.88. The first-order valence-electron chi connectivity index (χ1n) is 12.1. The van der Waals surface area contributed by atoms with Gasteiger partial charge in [-0.1, -0.05) is 35.4 Å². The van der Waals surface area contributed by atoms with Crippen LogP contribution in [0, 0.1) is 13.8 Å². The fourth-order valence-electron chi connectivity index (χ4n) is 3.51. The lowest BCUT2D eigenvalue weighted by Gasteiger charge is -2.26. The van der Waals surface area contributed by atoms with Gasteiger partial charge in [-0.2, -0.15) is 0 Å². The maximum Gasteiger partial charge on any atom is 0.411 e. The van der Waals surface area contributed by atoms with Crippen LogP contribution in [0.4, 0.5) is 21.0 Å². The molecule has 0 saturated carbocycles. The number of rotatable bonds is 10. The number of carbonyl (C=O) groups excluding carboxylic acids is 4. The van der Waals surface area contributed by atoms with Crippen molar-refractivity contribution in [2.75, 3.05) is 51.0 Å². The van der Waals surface area contributed by atoms with E-state index in [9.17, 15) is 19.2 Å². The van der Waals surface area contributed by atoms with Gasteiger partial charge in [0.15, 0.2) is 0 Å². The molecule has 0 heterocycles. The van der Waals surface area contributed by atoms with E-state index in [1.807, 2.05) is 38.1 Å². The van der Waals surface area contributed by atoms with Crippen LogP contribution in [0.1, 0.15) is 11.1 Å². The molecule has 0 radical (unpaired) electrons. The van der Waals surface area contributed by atoms with Gasteiger partial charge in [0.1, 0.15) is 13.2 Å². The van der Waals surface area contributed by atoms with E-state index in [1.54, 1.807) is 48.2 Å². The van der Waals surface area contributed by atoms with E-state index >= 15 is 0 Å². The van der Waals surface area contributed by atoms with Gasteiger partial charge >= 0.3 is 12.2 Å². The molecule has 0 fully saturated rings. The van der Waals surface area contributed by atoms with E-state index in [0.717, 1.165) is 11.1 Å². The molecule has 0 bridgehead atoms. The normalized spacial score (nSPS) is 12.7. The zero-order valence-electron chi connectivity index (χ0n) is 21.9. The Morgan fingerprint density at radius 1 is 0.658 bits per heavy atom. The fourth-order valence-corrected chi connectivity index (χ4v) is 3.51. The molecule has 0 aliphatic heterocycles. The number of ether oxygens (including phenoxy) is 2. The molecule has 2 aromatic carbocycles. The average molecular weight is 521 g/mol. The monoisotopic (exact) mass is 520 g/mol. The molecule has 0 saturated heterocycles. The van der Waals surface area contributed by atoms with Crippen molar-refractivity contribution < 1.29 is 28.7 Å². The van der Waals surface area contributed by atoms with Gasteiger partial charge in [0.05, 0.1) is 24.5 Å². The summed E-state index contributed by atoms with van der Waals surface area (Å²) in [7, 11) is 3.28. The molecule has 200 valence electrons. The van der Waals surface area contributed by atoms with Crippen LogP contribution in [-0.2, 0) is 19.1 Å². The maximum absolute atomic E-state index is 12.7. The molecule has 1 aliphatic carbocycles. The minimum Gasteiger partial charge on any atom is -0.447 e. The van der Waals surface area contributed by atoms with E-state index < -0.39 is 12.2 Å².